The van der Waals surface area contributed by atoms with Gasteiger partial charge in [-0.05, 0) is 69.2 Å². The maximum Gasteiger partial charge on any atom is 0.410 e. The van der Waals surface area contributed by atoms with E-state index < -0.39 is 29.7 Å². The van der Waals surface area contributed by atoms with Gasteiger partial charge in [-0.2, -0.15) is 0 Å². The number of hydrogen-bond donors (Lipinski definition) is 3. The zero-order valence-corrected chi connectivity index (χ0v) is 22.3. The van der Waals surface area contributed by atoms with E-state index in [0.29, 0.717) is 11.5 Å². The lowest BCUT2D eigenvalue weighted by Crippen LogP contribution is -2.50. The normalized spacial score (nSPS) is 12.7. The second-order valence-electron chi connectivity index (χ2n) is 9.92. The Morgan fingerprint density at radius 1 is 1.00 bits per heavy atom. The summed E-state index contributed by atoms with van der Waals surface area (Å²) in [5, 5.41) is 20.9. The molecule has 1 heterocycles. The number of nitrogens with zero attached hydrogens (tertiary/aromatic N) is 2. The molecule has 1 aromatic heterocycles. The van der Waals surface area contributed by atoms with E-state index in [1.165, 1.54) is 17.2 Å². The average Bonchev–Trinajstić information content (AvgIpc) is 2.90. The van der Waals surface area contributed by atoms with Crippen molar-refractivity contribution < 1.29 is 34.0 Å². The highest BCUT2D eigenvalue weighted by Gasteiger charge is 2.30. The van der Waals surface area contributed by atoms with Crippen molar-refractivity contribution in [3.63, 3.8) is 0 Å². The quantitative estimate of drug-likeness (QED) is 0.318. The molecule has 2 amide bonds. The molecule has 10 heteroatoms. The summed E-state index contributed by atoms with van der Waals surface area (Å²) in [5.74, 6) is 0.459. The highest BCUT2D eigenvalue weighted by molar-refractivity contribution is 5.95. The Labute approximate surface area is 227 Å². The van der Waals surface area contributed by atoms with E-state index in [9.17, 15) is 19.8 Å². The maximum atomic E-state index is 13.1. The van der Waals surface area contributed by atoms with Crippen LogP contribution in [0.25, 0.3) is 0 Å². The second-order valence-corrected chi connectivity index (χ2v) is 9.92. The van der Waals surface area contributed by atoms with Crippen LogP contribution < -0.4 is 15.2 Å². The van der Waals surface area contributed by atoms with Crippen LogP contribution in [0.3, 0.4) is 0 Å². The second kappa shape index (κ2) is 13.6. The topological polar surface area (TPSA) is 144 Å². The zero-order chi connectivity index (χ0) is 28.4. The molecule has 0 fully saturated rings. The van der Waals surface area contributed by atoms with Crippen LogP contribution in [0.4, 0.5) is 4.79 Å². The molecule has 0 aliphatic heterocycles. The summed E-state index contributed by atoms with van der Waals surface area (Å²) < 4.78 is 16.9. The minimum Gasteiger partial charge on any atom is -0.491 e. The molecule has 0 spiro atoms. The van der Waals surface area contributed by atoms with Gasteiger partial charge in [0.2, 0.25) is 5.88 Å². The molecule has 4 N–H and O–H groups in total. The van der Waals surface area contributed by atoms with Crippen LogP contribution in [-0.4, -0.2) is 69.6 Å². The van der Waals surface area contributed by atoms with Crippen molar-refractivity contribution in [1.29, 1.82) is 0 Å². The molecular formula is C29H35N3O7. The Balaban J connectivity index is 1.71. The fourth-order valence-electron chi connectivity index (χ4n) is 3.69. The molecule has 208 valence electrons. The summed E-state index contributed by atoms with van der Waals surface area (Å²) in [6.45, 7) is 4.72. The Kier molecular flexibility index (Phi) is 10.2. The number of primary amides is 1. The zero-order valence-electron chi connectivity index (χ0n) is 22.3. The third kappa shape index (κ3) is 9.27. The van der Waals surface area contributed by atoms with E-state index in [4.69, 9.17) is 19.9 Å². The van der Waals surface area contributed by atoms with Gasteiger partial charge in [0, 0.05) is 6.20 Å². The monoisotopic (exact) mass is 537 g/mol. The van der Waals surface area contributed by atoms with Crippen molar-refractivity contribution in [2.75, 3.05) is 19.8 Å². The van der Waals surface area contributed by atoms with Crippen molar-refractivity contribution in [3.8, 4) is 17.4 Å². The fraction of sp³-hybridized carbons (Fsp3) is 0.345. The predicted octanol–water partition coefficient (Wildman–Crippen LogP) is 3.55. The lowest BCUT2D eigenvalue weighted by molar-refractivity contribution is -0.00891. The van der Waals surface area contributed by atoms with Gasteiger partial charge in [0.05, 0.1) is 19.2 Å². The first kappa shape index (κ1) is 29.4. The van der Waals surface area contributed by atoms with Crippen LogP contribution in [0.15, 0.2) is 72.9 Å². The van der Waals surface area contributed by atoms with E-state index in [-0.39, 0.29) is 37.6 Å². The number of aliphatic hydroxyl groups is 2. The highest BCUT2D eigenvalue weighted by atomic mass is 16.6. The summed E-state index contributed by atoms with van der Waals surface area (Å²) in [6.07, 6.45) is 0.0834. The molecule has 10 nitrogen and oxygen atoms in total. The highest BCUT2D eigenvalue weighted by Crippen LogP contribution is 2.24. The lowest BCUT2D eigenvalue weighted by atomic mass is 10.0. The number of aliphatic hydroxyl groups excluding tert-OH is 2. The number of para-hydroxylation sites is 1. The van der Waals surface area contributed by atoms with Crippen molar-refractivity contribution >= 4 is 12.0 Å². The van der Waals surface area contributed by atoms with Gasteiger partial charge in [0.15, 0.2) is 0 Å². The third-order valence-corrected chi connectivity index (χ3v) is 5.52. The SMILES string of the molecule is CC(C)(C)OC(=O)N(C[C@H](O)COc1ccccc1)[C@H](CO)Cc1ccc(Oc2ncccc2C(N)=O)cc1. The van der Waals surface area contributed by atoms with Gasteiger partial charge in [0.1, 0.15) is 35.4 Å². The molecule has 0 bridgehead atoms. The summed E-state index contributed by atoms with van der Waals surface area (Å²) in [4.78, 5) is 30.1. The van der Waals surface area contributed by atoms with Crippen LogP contribution in [0.2, 0.25) is 0 Å². The van der Waals surface area contributed by atoms with E-state index in [1.54, 1.807) is 63.2 Å². The van der Waals surface area contributed by atoms with E-state index in [2.05, 4.69) is 4.98 Å². The Hall–Kier alpha value is -4.15. The molecule has 3 rings (SSSR count). The molecular weight excluding hydrogens is 502 g/mol. The fourth-order valence-corrected chi connectivity index (χ4v) is 3.69. The summed E-state index contributed by atoms with van der Waals surface area (Å²) in [5.41, 5.74) is 5.57. The Morgan fingerprint density at radius 3 is 2.31 bits per heavy atom. The molecule has 2 atom stereocenters. The van der Waals surface area contributed by atoms with Gasteiger partial charge < -0.3 is 30.2 Å². The summed E-state index contributed by atoms with van der Waals surface area (Å²) in [7, 11) is 0. The first-order valence-corrected chi connectivity index (χ1v) is 12.5. The van der Waals surface area contributed by atoms with Gasteiger partial charge >= 0.3 is 6.09 Å². The smallest absolute Gasteiger partial charge is 0.410 e. The van der Waals surface area contributed by atoms with Crippen LogP contribution in [0.1, 0.15) is 36.7 Å². The van der Waals surface area contributed by atoms with E-state index >= 15 is 0 Å². The molecule has 0 unspecified atom stereocenters. The number of nitrogens with two attached hydrogens (primary N) is 1. The maximum absolute atomic E-state index is 13.1. The molecule has 0 aliphatic carbocycles. The van der Waals surface area contributed by atoms with Crippen LogP contribution in [0, 0.1) is 0 Å². The van der Waals surface area contributed by atoms with Crippen molar-refractivity contribution in [3.05, 3.63) is 84.1 Å². The third-order valence-electron chi connectivity index (χ3n) is 5.52. The largest absolute Gasteiger partial charge is 0.491 e. The number of pyridine rings is 1. The summed E-state index contributed by atoms with van der Waals surface area (Å²) >= 11 is 0. The molecule has 39 heavy (non-hydrogen) atoms. The van der Waals surface area contributed by atoms with E-state index in [0.717, 1.165) is 5.56 Å². The minimum absolute atomic E-state index is 0.0473. The number of benzene rings is 2. The molecule has 0 aliphatic rings. The van der Waals surface area contributed by atoms with Crippen molar-refractivity contribution in [1.82, 2.24) is 9.88 Å². The number of amides is 2. The Bertz CT molecular complexity index is 1210. The lowest BCUT2D eigenvalue weighted by Gasteiger charge is -2.34. The van der Waals surface area contributed by atoms with Gasteiger partial charge in [-0.15, -0.1) is 0 Å². The van der Waals surface area contributed by atoms with Crippen molar-refractivity contribution in [2.24, 2.45) is 5.73 Å². The van der Waals surface area contributed by atoms with Gasteiger partial charge in [-0.25, -0.2) is 9.78 Å². The van der Waals surface area contributed by atoms with Gasteiger partial charge in [0.25, 0.3) is 5.91 Å². The molecule has 2 aromatic carbocycles. The number of rotatable bonds is 12. The average molecular weight is 538 g/mol. The number of ether oxygens (including phenoxy) is 3. The van der Waals surface area contributed by atoms with E-state index in [1.807, 2.05) is 18.2 Å². The number of carbonyl (C=O) groups excluding carboxylic acids is 2. The molecule has 0 saturated heterocycles. The number of carbonyl (C=O) groups is 2. The number of aromatic nitrogens is 1. The van der Waals surface area contributed by atoms with Crippen LogP contribution in [0.5, 0.6) is 17.4 Å². The molecule has 0 radical (unpaired) electrons. The molecule has 3 aromatic rings. The first-order valence-electron chi connectivity index (χ1n) is 12.5. The van der Waals surface area contributed by atoms with Gasteiger partial charge in [-0.3, -0.25) is 9.69 Å². The number of hydrogen-bond acceptors (Lipinski definition) is 8. The standard InChI is InChI=1S/C29H35N3O7/c1-29(2,3)39-28(36)32(17-22(34)19-37-23-8-5-4-6-9-23)21(18-33)16-20-11-13-24(14-12-20)38-27-25(26(30)35)10-7-15-31-27/h4-15,21-22,33-34H,16-19H2,1-3H3,(H2,30,35)/t21-,22-/m0/s1. The van der Waals surface area contributed by atoms with Crippen LogP contribution >= 0.6 is 0 Å². The summed E-state index contributed by atoms with van der Waals surface area (Å²) in [6, 6.07) is 18.4. The van der Waals surface area contributed by atoms with Crippen LogP contribution in [-0.2, 0) is 11.2 Å². The van der Waals surface area contributed by atoms with Gasteiger partial charge in [-0.1, -0.05) is 30.3 Å². The Morgan fingerprint density at radius 2 is 1.69 bits per heavy atom. The van der Waals surface area contributed by atoms with Crippen molar-refractivity contribution in [2.45, 2.75) is 44.9 Å². The predicted molar refractivity (Wildman–Crippen MR) is 145 cm³/mol. The minimum atomic E-state index is -1.03. The molecule has 0 saturated carbocycles. The first-order chi connectivity index (χ1) is 18.6.